The molecule has 0 atom stereocenters. The van der Waals surface area contributed by atoms with Crippen LogP contribution in [0.4, 0.5) is 5.69 Å². The second-order valence-electron chi connectivity index (χ2n) is 6.58. The molecule has 0 spiro atoms. The third-order valence-corrected chi connectivity index (χ3v) is 4.41. The summed E-state index contributed by atoms with van der Waals surface area (Å²) in [6.07, 6.45) is 0.690. The number of carbonyl (C=O) groups excluding carboxylic acids is 2. The minimum Gasteiger partial charge on any atom is -0.354 e. The van der Waals surface area contributed by atoms with E-state index < -0.39 is 0 Å². The van der Waals surface area contributed by atoms with E-state index in [2.05, 4.69) is 19.2 Å². The van der Waals surface area contributed by atoms with Crippen molar-refractivity contribution in [3.05, 3.63) is 64.7 Å². The molecule has 0 bridgehead atoms. The van der Waals surface area contributed by atoms with Crippen molar-refractivity contribution in [1.29, 1.82) is 0 Å². The number of benzene rings is 2. The summed E-state index contributed by atoms with van der Waals surface area (Å²) in [6, 6.07) is 15.3. The zero-order valence-corrected chi connectivity index (χ0v) is 16.2. The molecule has 0 heterocycles. The summed E-state index contributed by atoms with van der Waals surface area (Å²) in [7, 11) is 0. The monoisotopic (exact) mass is 372 g/mol. The van der Waals surface area contributed by atoms with Crippen LogP contribution < -0.4 is 10.2 Å². The molecule has 2 aromatic carbocycles. The van der Waals surface area contributed by atoms with E-state index in [0.29, 0.717) is 23.9 Å². The number of amides is 2. The molecule has 0 saturated carbocycles. The number of hydrogen-bond donors (Lipinski definition) is 1. The van der Waals surface area contributed by atoms with Gasteiger partial charge in [-0.1, -0.05) is 49.7 Å². The minimum atomic E-state index is -0.185. The molecule has 0 radical (unpaired) electrons. The number of nitrogens with zero attached hydrogens (tertiary/aromatic N) is 1. The molecule has 5 heteroatoms. The molecule has 0 aromatic heterocycles. The van der Waals surface area contributed by atoms with Crippen molar-refractivity contribution in [3.8, 4) is 0 Å². The Morgan fingerprint density at radius 2 is 1.81 bits per heavy atom. The van der Waals surface area contributed by atoms with Gasteiger partial charge in [0.1, 0.15) is 6.54 Å². The van der Waals surface area contributed by atoms with Crippen LogP contribution in [0, 0.1) is 0 Å². The second-order valence-corrected chi connectivity index (χ2v) is 7.02. The molecule has 4 nitrogen and oxygen atoms in total. The van der Waals surface area contributed by atoms with Crippen molar-refractivity contribution < 1.29 is 9.59 Å². The molecule has 0 aliphatic carbocycles. The predicted octanol–water partition coefficient (Wildman–Crippen LogP) is 4.18. The first-order valence-electron chi connectivity index (χ1n) is 8.76. The molecule has 0 unspecified atom stereocenters. The van der Waals surface area contributed by atoms with E-state index in [1.807, 2.05) is 48.5 Å². The number of hydrogen-bond acceptors (Lipinski definition) is 2. The average molecular weight is 373 g/mol. The van der Waals surface area contributed by atoms with Crippen LogP contribution in [0.15, 0.2) is 48.5 Å². The van der Waals surface area contributed by atoms with E-state index in [4.69, 9.17) is 11.6 Å². The van der Waals surface area contributed by atoms with Crippen LogP contribution >= 0.6 is 11.6 Å². The van der Waals surface area contributed by atoms with Crippen molar-refractivity contribution in [3.63, 3.8) is 0 Å². The molecule has 2 amide bonds. The van der Waals surface area contributed by atoms with Crippen LogP contribution in [0.1, 0.15) is 37.8 Å². The summed E-state index contributed by atoms with van der Waals surface area (Å²) in [4.78, 5) is 25.7. The third-order valence-electron chi connectivity index (χ3n) is 4.18. The summed E-state index contributed by atoms with van der Waals surface area (Å²) in [5.74, 6) is 0.0760. The zero-order chi connectivity index (χ0) is 19.1. The van der Waals surface area contributed by atoms with Gasteiger partial charge in [-0.3, -0.25) is 9.59 Å². The molecule has 0 aliphatic rings. The number of halogens is 1. The molecular formula is C21H25ClN2O2. The van der Waals surface area contributed by atoms with Gasteiger partial charge in [0.15, 0.2) is 0 Å². The summed E-state index contributed by atoms with van der Waals surface area (Å²) in [6.45, 7) is 6.20. The van der Waals surface area contributed by atoms with Crippen molar-refractivity contribution >= 4 is 29.1 Å². The van der Waals surface area contributed by atoms with E-state index in [0.717, 1.165) is 11.3 Å². The highest BCUT2D eigenvalue weighted by Crippen LogP contribution is 2.20. The van der Waals surface area contributed by atoms with Gasteiger partial charge < -0.3 is 10.2 Å². The first kappa shape index (κ1) is 20.0. The first-order chi connectivity index (χ1) is 12.4. The average Bonchev–Trinajstić information content (AvgIpc) is 2.59. The molecule has 26 heavy (non-hydrogen) atoms. The van der Waals surface area contributed by atoms with E-state index in [9.17, 15) is 9.59 Å². The van der Waals surface area contributed by atoms with E-state index in [-0.39, 0.29) is 18.4 Å². The second kappa shape index (κ2) is 9.39. The Balaban J connectivity index is 1.92. The van der Waals surface area contributed by atoms with Gasteiger partial charge in [-0.15, -0.1) is 0 Å². The Morgan fingerprint density at radius 3 is 2.38 bits per heavy atom. The maximum absolute atomic E-state index is 12.2. The fraction of sp³-hybridized carbons (Fsp3) is 0.333. The summed E-state index contributed by atoms with van der Waals surface area (Å²) in [5, 5.41) is 3.54. The van der Waals surface area contributed by atoms with Gasteiger partial charge in [0.2, 0.25) is 11.8 Å². The van der Waals surface area contributed by atoms with Gasteiger partial charge in [-0.2, -0.15) is 0 Å². The Labute approximate surface area is 160 Å². The van der Waals surface area contributed by atoms with Gasteiger partial charge >= 0.3 is 0 Å². The lowest BCUT2D eigenvalue weighted by Crippen LogP contribution is -2.40. The summed E-state index contributed by atoms with van der Waals surface area (Å²) in [5.41, 5.74) is 2.99. The third kappa shape index (κ3) is 5.88. The SMILES string of the molecule is CC(=O)N(CC(=O)NCCc1cccc(Cl)c1)c1ccc(C(C)C)cc1. The lowest BCUT2D eigenvalue weighted by Gasteiger charge is -2.21. The van der Waals surface area contributed by atoms with Crippen molar-refractivity contribution in [1.82, 2.24) is 5.32 Å². The highest BCUT2D eigenvalue weighted by atomic mass is 35.5. The lowest BCUT2D eigenvalue weighted by molar-refractivity contribution is -0.123. The van der Waals surface area contributed by atoms with E-state index >= 15 is 0 Å². The number of rotatable bonds is 7. The topological polar surface area (TPSA) is 49.4 Å². The molecule has 0 fully saturated rings. The van der Waals surface area contributed by atoms with Crippen LogP contribution in [0.5, 0.6) is 0 Å². The van der Waals surface area contributed by atoms with Crippen LogP contribution in [0.3, 0.4) is 0 Å². The Bertz CT molecular complexity index is 757. The maximum Gasteiger partial charge on any atom is 0.240 e. The van der Waals surface area contributed by atoms with E-state index in [1.165, 1.54) is 17.4 Å². The van der Waals surface area contributed by atoms with E-state index in [1.54, 1.807) is 0 Å². The Hall–Kier alpha value is -2.33. The van der Waals surface area contributed by atoms with Gasteiger partial charge in [0.05, 0.1) is 0 Å². The largest absolute Gasteiger partial charge is 0.354 e. The Kier molecular flexibility index (Phi) is 7.22. The quantitative estimate of drug-likeness (QED) is 0.792. The highest BCUT2D eigenvalue weighted by Gasteiger charge is 2.15. The summed E-state index contributed by atoms with van der Waals surface area (Å²) >= 11 is 5.96. The van der Waals surface area contributed by atoms with Gasteiger partial charge in [-0.05, 0) is 47.7 Å². The maximum atomic E-state index is 12.2. The molecule has 0 aliphatic heterocycles. The highest BCUT2D eigenvalue weighted by molar-refractivity contribution is 6.30. The molecule has 2 rings (SSSR count). The Morgan fingerprint density at radius 1 is 1.12 bits per heavy atom. The smallest absolute Gasteiger partial charge is 0.240 e. The van der Waals surface area contributed by atoms with Gasteiger partial charge in [-0.25, -0.2) is 0 Å². The molecule has 0 saturated heterocycles. The van der Waals surface area contributed by atoms with Crippen molar-refractivity contribution in [2.75, 3.05) is 18.0 Å². The van der Waals surface area contributed by atoms with Crippen molar-refractivity contribution in [2.24, 2.45) is 0 Å². The standard InChI is InChI=1S/C21H25ClN2O2/c1-15(2)18-7-9-20(10-8-18)24(16(3)25)14-21(26)23-12-11-17-5-4-6-19(22)13-17/h4-10,13,15H,11-12,14H2,1-3H3,(H,23,26). The van der Waals surface area contributed by atoms with Crippen LogP contribution in [-0.4, -0.2) is 24.9 Å². The predicted molar refractivity (Wildman–Crippen MR) is 107 cm³/mol. The van der Waals surface area contributed by atoms with Gasteiger partial charge in [0.25, 0.3) is 0 Å². The van der Waals surface area contributed by atoms with Crippen LogP contribution in [0.25, 0.3) is 0 Å². The molecule has 1 N–H and O–H groups in total. The minimum absolute atomic E-state index is 0.00586. The van der Waals surface area contributed by atoms with Crippen LogP contribution in [-0.2, 0) is 16.0 Å². The van der Waals surface area contributed by atoms with Crippen molar-refractivity contribution in [2.45, 2.75) is 33.1 Å². The number of nitrogens with one attached hydrogen (secondary N) is 1. The molecular weight excluding hydrogens is 348 g/mol. The first-order valence-corrected chi connectivity index (χ1v) is 9.14. The summed E-state index contributed by atoms with van der Waals surface area (Å²) < 4.78 is 0. The lowest BCUT2D eigenvalue weighted by atomic mass is 10.0. The fourth-order valence-corrected chi connectivity index (χ4v) is 2.87. The fourth-order valence-electron chi connectivity index (χ4n) is 2.66. The normalized spacial score (nSPS) is 10.7. The molecule has 2 aromatic rings. The van der Waals surface area contributed by atoms with Crippen LogP contribution in [0.2, 0.25) is 5.02 Å². The molecule has 138 valence electrons. The van der Waals surface area contributed by atoms with Gasteiger partial charge in [0, 0.05) is 24.2 Å². The number of anilines is 1. The number of carbonyl (C=O) groups is 2. The zero-order valence-electron chi connectivity index (χ0n) is 15.5.